The zero-order valence-corrected chi connectivity index (χ0v) is 16.1. The second-order valence-corrected chi connectivity index (χ2v) is 7.61. The van der Waals surface area contributed by atoms with Gasteiger partial charge in [0.2, 0.25) is 0 Å². The Morgan fingerprint density at radius 3 is 2.67 bits per heavy atom. The predicted octanol–water partition coefficient (Wildman–Crippen LogP) is 5.08. The third-order valence-electron chi connectivity index (χ3n) is 4.07. The number of benzene rings is 2. The van der Waals surface area contributed by atoms with Crippen LogP contribution in [-0.2, 0) is 9.53 Å². The maximum atomic E-state index is 12.9. The molecule has 6 nitrogen and oxygen atoms in total. The average Bonchev–Trinajstić information content (AvgIpc) is 2.76. The molecular weight excluding hydrogens is 364 g/mol. The molecule has 0 spiro atoms. The van der Waals surface area contributed by atoms with E-state index in [1.54, 1.807) is 26.0 Å². The number of carbonyl (C=O) groups is 1. The molecule has 3 rings (SSSR count). The molecule has 0 amide bonds. The van der Waals surface area contributed by atoms with Crippen molar-refractivity contribution in [1.29, 1.82) is 0 Å². The molecule has 0 aromatic heterocycles. The third-order valence-corrected chi connectivity index (χ3v) is 5.42. The Hall–Kier alpha value is -2.80. The van der Waals surface area contributed by atoms with E-state index in [-0.39, 0.29) is 11.8 Å². The molecule has 0 fully saturated rings. The standard InChI is InChI=1S/C20H20N2O4S/c1-12(2)26-20(23)18-13(3)21-16-9-4-5-10-17(16)27-19(18)14-7-6-8-15(11-14)22(24)25/h4-12,19,21H,1-3H3. The van der Waals surface area contributed by atoms with Crippen molar-refractivity contribution >= 4 is 29.1 Å². The number of para-hydroxylation sites is 1. The van der Waals surface area contributed by atoms with Gasteiger partial charge >= 0.3 is 5.97 Å². The molecule has 0 aliphatic carbocycles. The normalized spacial score (nSPS) is 16.4. The van der Waals surface area contributed by atoms with Crippen LogP contribution in [0.4, 0.5) is 11.4 Å². The van der Waals surface area contributed by atoms with Gasteiger partial charge in [0.05, 0.1) is 27.5 Å². The highest BCUT2D eigenvalue weighted by Crippen LogP contribution is 2.47. The number of fused-ring (bicyclic) bond motifs is 1. The summed E-state index contributed by atoms with van der Waals surface area (Å²) in [6.45, 7) is 5.41. The number of nitrogens with zero attached hydrogens (tertiary/aromatic N) is 1. The van der Waals surface area contributed by atoms with Crippen LogP contribution in [0.15, 0.2) is 64.7 Å². The fraction of sp³-hybridized carbons (Fsp3) is 0.250. The van der Waals surface area contributed by atoms with Gasteiger partial charge in [0, 0.05) is 22.7 Å². The van der Waals surface area contributed by atoms with Crippen molar-refractivity contribution in [3.63, 3.8) is 0 Å². The summed E-state index contributed by atoms with van der Waals surface area (Å²) in [6, 6.07) is 14.1. The summed E-state index contributed by atoms with van der Waals surface area (Å²) in [5.74, 6) is -0.424. The molecule has 0 saturated heterocycles. The molecule has 0 bridgehead atoms. The minimum atomic E-state index is -0.431. The number of nitro benzene ring substituents is 1. The van der Waals surface area contributed by atoms with Gasteiger partial charge in [-0.3, -0.25) is 10.1 Å². The lowest BCUT2D eigenvalue weighted by Crippen LogP contribution is -2.19. The number of nitro groups is 1. The first-order chi connectivity index (χ1) is 12.9. The molecule has 1 heterocycles. The van der Waals surface area contributed by atoms with Gasteiger partial charge in [0.15, 0.2) is 0 Å². The first-order valence-electron chi connectivity index (χ1n) is 8.55. The van der Waals surface area contributed by atoms with E-state index in [1.165, 1.54) is 23.9 Å². The monoisotopic (exact) mass is 384 g/mol. The van der Waals surface area contributed by atoms with Gasteiger partial charge in [-0.15, -0.1) is 11.8 Å². The quantitative estimate of drug-likeness (QED) is 0.450. The van der Waals surface area contributed by atoms with Crippen molar-refractivity contribution in [1.82, 2.24) is 0 Å². The Kier molecular flexibility index (Phi) is 5.51. The molecule has 2 aromatic carbocycles. The Balaban J connectivity index is 2.13. The van der Waals surface area contributed by atoms with Gasteiger partial charge in [0.25, 0.3) is 5.69 Å². The smallest absolute Gasteiger partial charge is 0.337 e. The number of non-ortho nitro benzene ring substituents is 1. The molecule has 1 N–H and O–H groups in total. The highest BCUT2D eigenvalue weighted by molar-refractivity contribution is 8.00. The van der Waals surface area contributed by atoms with Gasteiger partial charge in [0.1, 0.15) is 0 Å². The Labute approximate surface area is 161 Å². The fourth-order valence-electron chi connectivity index (χ4n) is 2.90. The van der Waals surface area contributed by atoms with Crippen molar-refractivity contribution in [3.05, 3.63) is 75.5 Å². The second kappa shape index (κ2) is 7.84. The molecular formula is C20H20N2O4S. The van der Waals surface area contributed by atoms with Crippen LogP contribution in [0.2, 0.25) is 0 Å². The molecule has 0 radical (unpaired) electrons. The number of carbonyl (C=O) groups excluding carboxylic acids is 1. The van der Waals surface area contributed by atoms with E-state index in [0.29, 0.717) is 16.8 Å². The van der Waals surface area contributed by atoms with Crippen LogP contribution in [0.1, 0.15) is 31.6 Å². The van der Waals surface area contributed by atoms with Crippen molar-refractivity contribution < 1.29 is 14.5 Å². The van der Waals surface area contributed by atoms with Gasteiger partial charge in [-0.1, -0.05) is 24.3 Å². The summed E-state index contributed by atoms with van der Waals surface area (Å²) >= 11 is 1.47. The lowest BCUT2D eigenvalue weighted by atomic mass is 10.0. The van der Waals surface area contributed by atoms with Gasteiger partial charge in [-0.25, -0.2) is 4.79 Å². The van der Waals surface area contributed by atoms with E-state index >= 15 is 0 Å². The number of hydrogen-bond acceptors (Lipinski definition) is 6. The summed E-state index contributed by atoms with van der Waals surface area (Å²) in [7, 11) is 0. The van der Waals surface area contributed by atoms with E-state index in [1.807, 2.05) is 31.2 Å². The maximum absolute atomic E-state index is 12.9. The van der Waals surface area contributed by atoms with Crippen LogP contribution in [-0.4, -0.2) is 17.0 Å². The fourth-order valence-corrected chi connectivity index (χ4v) is 4.23. The van der Waals surface area contributed by atoms with E-state index < -0.39 is 16.1 Å². The summed E-state index contributed by atoms with van der Waals surface area (Å²) in [5, 5.41) is 14.1. The molecule has 1 atom stereocenters. The van der Waals surface area contributed by atoms with Crippen LogP contribution >= 0.6 is 11.8 Å². The van der Waals surface area contributed by atoms with Gasteiger partial charge in [-0.05, 0) is 38.5 Å². The van der Waals surface area contributed by atoms with Crippen LogP contribution in [0.25, 0.3) is 0 Å². The van der Waals surface area contributed by atoms with E-state index in [0.717, 1.165) is 10.6 Å². The maximum Gasteiger partial charge on any atom is 0.337 e. The lowest BCUT2D eigenvalue weighted by molar-refractivity contribution is -0.384. The summed E-state index contributed by atoms with van der Waals surface area (Å²) < 4.78 is 5.46. The Morgan fingerprint density at radius 2 is 1.96 bits per heavy atom. The van der Waals surface area contributed by atoms with Crippen LogP contribution in [0.5, 0.6) is 0 Å². The SMILES string of the molecule is CC1=C(C(=O)OC(C)C)C(c2cccc([N+](=O)[O-])c2)Sc2ccccc2N1. The molecule has 7 heteroatoms. The van der Waals surface area contributed by atoms with E-state index in [2.05, 4.69) is 5.32 Å². The summed E-state index contributed by atoms with van der Waals surface area (Å²) in [5.41, 5.74) is 2.71. The number of esters is 1. The van der Waals surface area contributed by atoms with Crippen molar-refractivity contribution in [2.24, 2.45) is 0 Å². The van der Waals surface area contributed by atoms with Crippen molar-refractivity contribution in [3.8, 4) is 0 Å². The number of rotatable bonds is 4. The van der Waals surface area contributed by atoms with Crippen molar-refractivity contribution in [2.45, 2.75) is 37.0 Å². The van der Waals surface area contributed by atoms with Crippen LogP contribution < -0.4 is 5.32 Å². The highest BCUT2D eigenvalue weighted by Gasteiger charge is 2.32. The number of hydrogen-bond donors (Lipinski definition) is 1. The first-order valence-corrected chi connectivity index (χ1v) is 9.43. The number of thioether (sulfide) groups is 1. The molecule has 140 valence electrons. The molecule has 0 saturated carbocycles. The van der Waals surface area contributed by atoms with Gasteiger partial charge < -0.3 is 10.1 Å². The molecule has 1 aliphatic heterocycles. The minimum absolute atomic E-state index is 0.00665. The third kappa shape index (κ3) is 4.14. The molecule has 27 heavy (non-hydrogen) atoms. The number of anilines is 1. The van der Waals surface area contributed by atoms with E-state index in [9.17, 15) is 14.9 Å². The Bertz CT molecular complexity index is 924. The van der Waals surface area contributed by atoms with Crippen LogP contribution in [0, 0.1) is 10.1 Å². The van der Waals surface area contributed by atoms with E-state index in [4.69, 9.17) is 4.74 Å². The topological polar surface area (TPSA) is 81.5 Å². The number of nitrogens with one attached hydrogen (secondary N) is 1. The summed E-state index contributed by atoms with van der Waals surface area (Å²) in [6.07, 6.45) is -0.265. The zero-order valence-electron chi connectivity index (χ0n) is 15.3. The minimum Gasteiger partial charge on any atom is -0.460 e. The van der Waals surface area contributed by atoms with Crippen LogP contribution in [0.3, 0.4) is 0 Å². The summed E-state index contributed by atoms with van der Waals surface area (Å²) in [4.78, 5) is 24.6. The lowest BCUT2D eigenvalue weighted by Gasteiger charge is -2.20. The first kappa shape index (κ1) is 19.0. The highest BCUT2D eigenvalue weighted by atomic mass is 32.2. The molecule has 1 unspecified atom stereocenters. The van der Waals surface area contributed by atoms with Crippen molar-refractivity contribution in [2.75, 3.05) is 5.32 Å². The molecule has 1 aliphatic rings. The average molecular weight is 384 g/mol. The number of allylic oxidation sites excluding steroid dienone is 1. The second-order valence-electron chi connectivity index (χ2n) is 6.46. The van der Waals surface area contributed by atoms with Gasteiger partial charge in [-0.2, -0.15) is 0 Å². The molecule has 2 aromatic rings. The largest absolute Gasteiger partial charge is 0.460 e. The predicted molar refractivity (Wildman–Crippen MR) is 106 cm³/mol. The number of ether oxygens (including phenoxy) is 1. The Morgan fingerprint density at radius 1 is 1.22 bits per heavy atom. The zero-order chi connectivity index (χ0) is 19.6.